The van der Waals surface area contributed by atoms with Crippen molar-refractivity contribution in [1.82, 2.24) is 4.57 Å². The molecule has 0 N–H and O–H groups in total. The fourth-order valence-electron chi connectivity index (χ4n) is 3.73. The molecule has 0 fully saturated rings. The van der Waals surface area contributed by atoms with Gasteiger partial charge in [0.1, 0.15) is 5.82 Å². The van der Waals surface area contributed by atoms with Gasteiger partial charge in [0.2, 0.25) is 0 Å². The van der Waals surface area contributed by atoms with Crippen molar-refractivity contribution in [3.05, 3.63) is 77.7 Å². The lowest BCUT2D eigenvalue weighted by Crippen LogP contribution is -2.23. The van der Waals surface area contributed by atoms with Gasteiger partial charge in [0.15, 0.2) is 0 Å². The van der Waals surface area contributed by atoms with Gasteiger partial charge in [0.25, 0.3) is 0 Å². The first-order valence-electron chi connectivity index (χ1n) is 8.58. The highest BCUT2D eigenvalue weighted by atomic mass is 19.1. The number of aromatic nitrogens is 1. The summed E-state index contributed by atoms with van der Waals surface area (Å²) >= 11 is 0. The zero-order chi connectivity index (χ0) is 16.7. The summed E-state index contributed by atoms with van der Waals surface area (Å²) in [4.78, 5) is 0. The van der Waals surface area contributed by atoms with E-state index < -0.39 is 0 Å². The van der Waals surface area contributed by atoms with Crippen molar-refractivity contribution in [2.75, 3.05) is 0 Å². The number of hydrogen-bond donors (Lipinski definition) is 0. The lowest BCUT2D eigenvalue weighted by atomic mass is 9.77. The van der Waals surface area contributed by atoms with Gasteiger partial charge in [0, 0.05) is 11.4 Å². The minimum atomic E-state index is -0.193. The maximum atomic E-state index is 13.4. The van der Waals surface area contributed by atoms with Gasteiger partial charge in [-0.3, -0.25) is 0 Å². The molecule has 1 nitrogen and oxygen atoms in total. The van der Waals surface area contributed by atoms with E-state index in [0.717, 1.165) is 18.5 Å². The normalized spacial score (nSPS) is 16.0. The van der Waals surface area contributed by atoms with E-state index in [4.69, 9.17) is 0 Å². The smallest absolute Gasteiger partial charge is 0.123 e. The second-order valence-corrected chi connectivity index (χ2v) is 7.52. The Morgan fingerprint density at radius 2 is 1.67 bits per heavy atom. The van der Waals surface area contributed by atoms with Crippen molar-refractivity contribution in [2.45, 2.75) is 33.1 Å². The van der Waals surface area contributed by atoms with Gasteiger partial charge >= 0.3 is 0 Å². The summed E-state index contributed by atoms with van der Waals surface area (Å²) in [5.41, 5.74) is 6.54. The molecule has 0 bridgehead atoms. The average Bonchev–Trinajstić information content (AvgIpc) is 2.94. The van der Waals surface area contributed by atoms with Crippen LogP contribution >= 0.6 is 0 Å². The molecule has 0 unspecified atom stereocenters. The Bertz CT molecular complexity index is 857. The summed E-state index contributed by atoms with van der Waals surface area (Å²) in [5, 5.41) is 0. The van der Waals surface area contributed by atoms with E-state index in [-0.39, 0.29) is 5.82 Å². The largest absolute Gasteiger partial charge is 0.313 e. The van der Waals surface area contributed by atoms with E-state index in [0.29, 0.717) is 5.41 Å². The molecule has 1 aliphatic carbocycles. The first-order valence-corrected chi connectivity index (χ1v) is 8.58. The van der Waals surface area contributed by atoms with Crippen molar-refractivity contribution in [3.63, 3.8) is 0 Å². The monoisotopic (exact) mass is 319 g/mol. The Labute approximate surface area is 142 Å². The maximum Gasteiger partial charge on any atom is 0.123 e. The molecule has 0 radical (unpaired) electrons. The van der Waals surface area contributed by atoms with Gasteiger partial charge in [-0.05, 0) is 66.1 Å². The van der Waals surface area contributed by atoms with Gasteiger partial charge in [0.05, 0.1) is 5.69 Å². The molecule has 0 aliphatic heterocycles. The Kier molecular flexibility index (Phi) is 3.56. The zero-order valence-corrected chi connectivity index (χ0v) is 14.2. The van der Waals surface area contributed by atoms with Crippen LogP contribution in [0.15, 0.2) is 60.7 Å². The van der Waals surface area contributed by atoms with Crippen LogP contribution in [0, 0.1) is 11.2 Å². The molecule has 0 saturated heterocycles. The number of aryl methyl sites for hydroxylation is 1. The highest BCUT2D eigenvalue weighted by Crippen LogP contribution is 2.40. The van der Waals surface area contributed by atoms with Gasteiger partial charge in [-0.1, -0.05) is 44.2 Å². The molecular formula is C22H22FN. The van der Waals surface area contributed by atoms with Crippen molar-refractivity contribution in [2.24, 2.45) is 5.41 Å². The van der Waals surface area contributed by atoms with Gasteiger partial charge in [-0.25, -0.2) is 4.39 Å². The lowest BCUT2D eigenvalue weighted by Gasteiger charge is -2.31. The second kappa shape index (κ2) is 5.62. The Morgan fingerprint density at radius 1 is 0.958 bits per heavy atom. The summed E-state index contributed by atoms with van der Waals surface area (Å²) in [5.74, 6) is -0.193. The first kappa shape index (κ1) is 15.2. The molecule has 122 valence electrons. The third kappa shape index (κ3) is 2.66. The Balaban J connectivity index is 1.94. The third-order valence-electron chi connectivity index (χ3n) is 5.06. The van der Waals surface area contributed by atoms with E-state index >= 15 is 0 Å². The van der Waals surface area contributed by atoms with E-state index in [1.165, 1.54) is 28.9 Å². The first-order chi connectivity index (χ1) is 11.5. The molecule has 3 aromatic rings. The van der Waals surface area contributed by atoms with Crippen LogP contribution in [0.2, 0.25) is 0 Å². The second-order valence-electron chi connectivity index (χ2n) is 7.52. The van der Waals surface area contributed by atoms with Crippen LogP contribution in [0.4, 0.5) is 4.39 Å². The lowest BCUT2D eigenvalue weighted by molar-refractivity contribution is 0.310. The fraction of sp³-hybridized carbons (Fsp3) is 0.273. The van der Waals surface area contributed by atoms with Gasteiger partial charge < -0.3 is 4.57 Å². The zero-order valence-electron chi connectivity index (χ0n) is 14.2. The van der Waals surface area contributed by atoms with Crippen LogP contribution in [-0.4, -0.2) is 4.57 Å². The predicted molar refractivity (Wildman–Crippen MR) is 97.0 cm³/mol. The quantitative estimate of drug-likeness (QED) is 0.562. The van der Waals surface area contributed by atoms with E-state index in [1.54, 1.807) is 12.1 Å². The van der Waals surface area contributed by atoms with Crippen LogP contribution < -0.4 is 0 Å². The molecule has 0 atom stereocenters. The standard InChI is InChI=1S/C22H22FN/c1-22(2)13-12-17-14-20(16-6-4-3-5-7-16)24(21(17)15-22)19-10-8-18(23)9-11-19/h3-11,14H,12-13,15H2,1-2H3. The molecule has 1 aliphatic rings. The van der Waals surface area contributed by atoms with Gasteiger partial charge in [-0.15, -0.1) is 0 Å². The van der Waals surface area contributed by atoms with Crippen molar-refractivity contribution in [1.29, 1.82) is 0 Å². The summed E-state index contributed by atoms with van der Waals surface area (Å²) in [6.07, 6.45) is 3.37. The summed E-state index contributed by atoms with van der Waals surface area (Å²) in [6, 6.07) is 19.6. The predicted octanol–water partition coefficient (Wildman–Crippen LogP) is 5.80. The molecular weight excluding hydrogens is 297 g/mol. The molecule has 2 aromatic carbocycles. The van der Waals surface area contributed by atoms with Gasteiger partial charge in [-0.2, -0.15) is 0 Å². The van der Waals surface area contributed by atoms with Crippen molar-refractivity contribution < 1.29 is 4.39 Å². The van der Waals surface area contributed by atoms with E-state index in [9.17, 15) is 4.39 Å². The molecule has 0 saturated carbocycles. The van der Waals surface area contributed by atoms with Crippen LogP contribution in [0.3, 0.4) is 0 Å². The van der Waals surface area contributed by atoms with Crippen LogP contribution in [0.1, 0.15) is 31.5 Å². The molecule has 4 rings (SSSR count). The fourth-order valence-corrected chi connectivity index (χ4v) is 3.73. The number of nitrogens with zero attached hydrogens (tertiary/aromatic N) is 1. The summed E-state index contributed by atoms with van der Waals surface area (Å²) in [7, 11) is 0. The summed E-state index contributed by atoms with van der Waals surface area (Å²) in [6.45, 7) is 4.67. The minimum absolute atomic E-state index is 0.193. The van der Waals surface area contributed by atoms with Crippen molar-refractivity contribution in [3.8, 4) is 16.9 Å². The minimum Gasteiger partial charge on any atom is -0.313 e. The number of halogens is 1. The van der Waals surface area contributed by atoms with Crippen LogP contribution in [0.25, 0.3) is 16.9 Å². The van der Waals surface area contributed by atoms with Crippen LogP contribution in [0.5, 0.6) is 0 Å². The number of rotatable bonds is 2. The Morgan fingerprint density at radius 3 is 2.38 bits per heavy atom. The maximum absolute atomic E-state index is 13.4. The van der Waals surface area contributed by atoms with E-state index in [2.05, 4.69) is 48.7 Å². The number of hydrogen-bond acceptors (Lipinski definition) is 0. The summed E-state index contributed by atoms with van der Waals surface area (Å²) < 4.78 is 15.7. The Hall–Kier alpha value is -2.35. The van der Waals surface area contributed by atoms with Crippen LogP contribution in [-0.2, 0) is 12.8 Å². The third-order valence-corrected chi connectivity index (χ3v) is 5.06. The van der Waals surface area contributed by atoms with E-state index in [1.807, 2.05) is 18.2 Å². The number of benzene rings is 2. The topological polar surface area (TPSA) is 4.93 Å². The molecule has 2 heteroatoms. The average molecular weight is 319 g/mol. The highest BCUT2D eigenvalue weighted by molar-refractivity contribution is 5.66. The highest BCUT2D eigenvalue weighted by Gasteiger charge is 2.29. The number of fused-ring (bicyclic) bond motifs is 1. The molecule has 0 spiro atoms. The molecule has 1 heterocycles. The molecule has 0 amide bonds. The molecule has 24 heavy (non-hydrogen) atoms. The van der Waals surface area contributed by atoms with Crippen molar-refractivity contribution >= 4 is 0 Å². The SMILES string of the molecule is CC1(C)CCc2cc(-c3ccccc3)n(-c3ccc(F)cc3)c2C1. The molecule has 1 aromatic heterocycles.